The van der Waals surface area contributed by atoms with E-state index in [-0.39, 0.29) is 17.3 Å². The van der Waals surface area contributed by atoms with Gasteiger partial charge in [0.2, 0.25) is 0 Å². The van der Waals surface area contributed by atoms with Gasteiger partial charge < -0.3 is 4.74 Å². The van der Waals surface area contributed by atoms with Crippen molar-refractivity contribution in [1.82, 2.24) is 20.2 Å². The summed E-state index contributed by atoms with van der Waals surface area (Å²) in [7, 11) is 1.61. The molecule has 1 N–H and O–H groups in total. The topological polar surface area (TPSA) is 125 Å². The first-order chi connectivity index (χ1) is 18.5. The SMILES string of the molecule is COc1ccc(-c2nnc(SCC(=O)NN=CC=Cc3ccccc3[N+](=O)[O-])n2-c2ccc(C)cc2)cc1. The first kappa shape index (κ1) is 26.3. The summed E-state index contributed by atoms with van der Waals surface area (Å²) in [6, 6.07) is 21.8. The van der Waals surface area contributed by atoms with E-state index in [1.165, 1.54) is 30.1 Å². The third kappa shape index (κ3) is 6.51. The van der Waals surface area contributed by atoms with E-state index in [0.29, 0.717) is 16.5 Å². The van der Waals surface area contributed by atoms with Gasteiger partial charge >= 0.3 is 0 Å². The van der Waals surface area contributed by atoms with Gasteiger partial charge in [-0.1, -0.05) is 41.6 Å². The number of allylic oxidation sites excluding steroid dienone is 1. The molecule has 11 heteroatoms. The molecule has 0 aliphatic rings. The molecular formula is C27H24N6O4S. The van der Waals surface area contributed by atoms with Crippen molar-refractivity contribution in [2.24, 2.45) is 5.10 Å². The molecule has 0 radical (unpaired) electrons. The standard InChI is InChI=1S/C27H24N6O4S/c1-19-9-13-22(14-10-19)32-26(21-11-15-23(37-2)16-12-21)30-31-27(32)38-18-25(34)29-28-17-5-7-20-6-3-4-8-24(20)33(35)36/h3-17H,18H2,1-2H3,(H,29,34). The number of amides is 1. The van der Waals surface area contributed by atoms with Gasteiger partial charge in [0.05, 0.1) is 23.3 Å². The first-order valence-corrected chi connectivity index (χ1v) is 12.5. The summed E-state index contributed by atoms with van der Waals surface area (Å²) in [6.45, 7) is 2.01. The summed E-state index contributed by atoms with van der Waals surface area (Å²) >= 11 is 1.23. The Balaban J connectivity index is 1.44. The van der Waals surface area contributed by atoms with Crippen molar-refractivity contribution < 1.29 is 14.5 Å². The molecule has 10 nitrogen and oxygen atoms in total. The van der Waals surface area contributed by atoms with Crippen molar-refractivity contribution in [3.8, 4) is 22.8 Å². The Hall–Kier alpha value is -4.77. The van der Waals surface area contributed by atoms with Crippen LogP contribution in [-0.2, 0) is 4.79 Å². The molecule has 0 atom stereocenters. The lowest BCUT2D eigenvalue weighted by atomic mass is 10.2. The Morgan fingerprint density at radius 2 is 1.84 bits per heavy atom. The highest BCUT2D eigenvalue weighted by atomic mass is 32.2. The average molecular weight is 529 g/mol. The summed E-state index contributed by atoms with van der Waals surface area (Å²) in [5, 5.41) is 24.2. The lowest BCUT2D eigenvalue weighted by Gasteiger charge is -2.11. The highest BCUT2D eigenvalue weighted by molar-refractivity contribution is 7.99. The number of nitrogens with one attached hydrogen (secondary N) is 1. The van der Waals surface area contributed by atoms with Gasteiger partial charge in [-0.15, -0.1) is 10.2 Å². The van der Waals surface area contributed by atoms with E-state index in [9.17, 15) is 14.9 Å². The van der Waals surface area contributed by atoms with Crippen LogP contribution in [0.4, 0.5) is 5.69 Å². The summed E-state index contributed by atoms with van der Waals surface area (Å²) in [5.41, 5.74) is 5.72. The largest absolute Gasteiger partial charge is 0.497 e. The van der Waals surface area contributed by atoms with Crippen LogP contribution >= 0.6 is 11.8 Å². The fraction of sp³-hybridized carbons (Fsp3) is 0.111. The number of nitro groups is 1. The molecule has 0 aliphatic heterocycles. The Bertz CT molecular complexity index is 1480. The van der Waals surface area contributed by atoms with E-state index in [1.807, 2.05) is 60.0 Å². The minimum absolute atomic E-state index is 0.00992. The smallest absolute Gasteiger partial charge is 0.276 e. The number of para-hydroxylation sites is 1. The molecular weight excluding hydrogens is 504 g/mol. The van der Waals surface area contributed by atoms with E-state index in [1.54, 1.807) is 31.4 Å². The van der Waals surface area contributed by atoms with Crippen LogP contribution in [0.1, 0.15) is 11.1 Å². The van der Waals surface area contributed by atoms with Gasteiger partial charge in [-0.05, 0) is 61.5 Å². The lowest BCUT2D eigenvalue weighted by molar-refractivity contribution is -0.385. The number of hydrazone groups is 1. The molecule has 4 aromatic rings. The maximum absolute atomic E-state index is 12.4. The van der Waals surface area contributed by atoms with Gasteiger partial charge in [0.25, 0.3) is 11.6 Å². The second-order valence-electron chi connectivity index (χ2n) is 7.98. The summed E-state index contributed by atoms with van der Waals surface area (Å²) in [6.07, 6.45) is 4.42. The van der Waals surface area contributed by atoms with Crippen LogP contribution in [0.3, 0.4) is 0 Å². The van der Waals surface area contributed by atoms with E-state index >= 15 is 0 Å². The molecule has 1 aromatic heterocycles. The van der Waals surface area contributed by atoms with Crippen LogP contribution in [0.15, 0.2) is 89.1 Å². The lowest BCUT2D eigenvalue weighted by Crippen LogP contribution is -2.19. The van der Waals surface area contributed by atoms with Crippen LogP contribution < -0.4 is 10.2 Å². The Morgan fingerprint density at radius 3 is 2.55 bits per heavy atom. The summed E-state index contributed by atoms with van der Waals surface area (Å²) in [4.78, 5) is 23.0. The number of aryl methyl sites for hydroxylation is 1. The van der Waals surface area contributed by atoms with Crippen LogP contribution in [0.5, 0.6) is 5.75 Å². The van der Waals surface area contributed by atoms with Crippen LogP contribution in [0, 0.1) is 17.0 Å². The molecule has 0 bridgehead atoms. The fourth-order valence-electron chi connectivity index (χ4n) is 3.47. The molecule has 0 saturated carbocycles. The van der Waals surface area contributed by atoms with Crippen LogP contribution in [-0.4, -0.2) is 44.7 Å². The Kier molecular flexibility index (Phi) is 8.62. The Labute approximate surface area is 223 Å². The number of thioether (sulfide) groups is 1. The minimum atomic E-state index is -0.453. The number of aromatic nitrogens is 3. The van der Waals surface area contributed by atoms with Crippen LogP contribution in [0.2, 0.25) is 0 Å². The van der Waals surface area contributed by atoms with Gasteiger partial charge in [-0.2, -0.15) is 5.10 Å². The number of hydrogen-bond acceptors (Lipinski definition) is 8. The predicted molar refractivity (Wildman–Crippen MR) is 148 cm³/mol. The number of hydrogen-bond donors (Lipinski definition) is 1. The second kappa shape index (κ2) is 12.5. The minimum Gasteiger partial charge on any atom is -0.497 e. The highest BCUT2D eigenvalue weighted by Crippen LogP contribution is 2.29. The molecule has 3 aromatic carbocycles. The summed E-state index contributed by atoms with van der Waals surface area (Å²) in [5.74, 6) is 1.09. The van der Waals surface area contributed by atoms with Gasteiger partial charge in [0, 0.05) is 23.5 Å². The second-order valence-corrected chi connectivity index (χ2v) is 8.93. The normalized spacial score (nSPS) is 11.2. The first-order valence-electron chi connectivity index (χ1n) is 11.5. The zero-order valence-electron chi connectivity index (χ0n) is 20.6. The van der Waals surface area contributed by atoms with Crippen molar-refractivity contribution in [3.63, 3.8) is 0 Å². The predicted octanol–water partition coefficient (Wildman–Crippen LogP) is 5.07. The van der Waals surface area contributed by atoms with Crippen molar-refractivity contribution >= 4 is 35.6 Å². The van der Waals surface area contributed by atoms with E-state index < -0.39 is 4.92 Å². The molecule has 38 heavy (non-hydrogen) atoms. The van der Waals surface area contributed by atoms with Gasteiger partial charge in [-0.25, -0.2) is 5.43 Å². The number of carbonyl (C=O) groups is 1. The third-order valence-corrected chi connectivity index (χ3v) is 6.29. The molecule has 0 fully saturated rings. The Morgan fingerprint density at radius 1 is 1.11 bits per heavy atom. The van der Waals surface area contributed by atoms with E-state index in [2.05, 4.69) is 20.7 Å². The monoisotopic (exact) mass is 528 g/mol. The molecule has 0 spiro atoms. The molecule has 0 saturated heterocycles. The van der Waals surface area contributed by atoms with E-state index in [0.717, 1.165) is 22.6 Å². The van der Waals surface area contributed by atoms with Crippen molar-refractivity contribution in [3.05, 3.63) is 100 Å². The van der Waals surface area contributed by atoms with Gasteiger partial charge in [0.1, 0.15) is 5.75 Å². The number of nitrogens with zero attached hydrogens (tertiary/aromatic N) is 5. The van der Waals surface area contributed by atoms with Gasteiger partial charge in [-0.3, -0.25) is 19.5 Å². The molecule has 4 rings (SSSR count). The van der Waals surface area contributed by atoms with Crippen molar-refractivity contribution in [2.75, 3.05) is 12.9 Å². The molecule has 1 heterocycles. The zero-order valence-corrected chi connectivity index (χ0v) is 21.5. The highest BCUT2D eigenvalue weighted by Gasteiger charge is 2.17. The maximum atomic E-state index is 12.4. The van der Waals surface area contributed by atoms with Gasteiger partial charge in [0.15, 0.2) is 11.0 Å². The number of nitro benzene ring substituents is 1. The van der Waals surface area contributed by atoms with Crippen molar-refractivity contribution in [2.45, 2.75) is 12.1 Å². The number of ether oxygens (including phenoxy) is 1. The van der Waals surface area contributed by atoms with Crippen molar-refractivity contribution in [1.29, 1.82) is 0 Å². The number of methoxy groups -OCH3 is 1. The maximum Gasteiger partial charge on any atom is 0.276 e. The molecule has 0 unspecified atom stereocenters. The molecule has 192 valence electrons. The number of benzene rings is 3. The fourth-order valence-corrected chi connectivity index (χ4v) is 4.22. The molecule has 0 aliphatic carbocycles. The average Bonchev–Trinajstić information content (AvgIpc) is 3.36. The molecule has 1 amide bonds. The number of carbonyl (C=O) groups excluding carboxylic acids is 1. The number of rotatable bonds is 10. The summed E-state index contributed by atoms with van der Waals surface area (Å²) < 4.78 is 7.15. The zero-order chi connectivity index (χ0) is 26.9. The third-order valence-electron chi connectivity index (χ3n) is 5.37. The van der Waals surface area contributed by atoms with E-state index in [4.69, 9.17) is 4.74 Å². The quantitative estimate of drug-likeness (QED) is 0.132. The van der Waals surface area contributed by atoms with Crippen LogP contribution in [0.25, 0.3) is 23.2 Å².